The second-order valence-corrected chi connectivity index (χ2v) is 4.55. The molecule has 16 heavy (non-hydrogen) atoms. The third-order valence-corrected chi connectivity index (χ3v) is 3.68. The van der Waals surface area contributed by atoms with Crippen LogP contribution in [0.15, 0.2) is 49.6 Å². The third kappa shape index (κ3) is 1.47. The molecular formula is C15H19N. The number of rotatable bonds is 4. The molecule has 1 nitrogen and oxygen atoms in total. The normalized spacial score (nSPS) is 20.9. The van der Waals surface area contributed by atoms with Gasteiger partial charge in [0.1, 0.15) is 0 Å². The molecule has 1 aliphatic heterocycles. The van der Waals surface area contributed by atoms with Crippen LogP contribution in [0.5, 0.6) is 0 Å². The predicted octanol–water partition coefficient (Wildman–Crippen LogP) is 3.89. The summed E-state index contributed by atoms with van der Waals surface area (Å²) in [7, 11) is 0. The standard InChI is InChI=1S/C15H19N/c1-4-10-15(11-5-2)12(3)16-14-9-7-6-8-13(14)15/h4-9,12,16H,1-2,10-11H2,3H3. The second-order valence-electron chi connectivity index (χ2n) is 4.55. The van der Waals surface area contributed by atoms with Crippen LogP contribution >= 0.6 is 0 Å². The minimum Gasteiger partial charge on any atom is -0.381 e. The average molecular weight is 213 g/mol. The molecule has 0 bridgehead atoms. The molecule has 2 rings (SSSR count). The second kappa shape index (κ2) is 4.17. The fraction of sp³-hybridized carbons (Fsp3) is 0.333. The van der Waals surface area contributed by atoms with Gasteiger partial charge in [-0.05, 0) is 31.4 Å². The van der Waals surface area contributed by atoms with E-state index < -0.39 is 0 Å². The van der Waals surface area contributed by atoms with E-state index in [1.165, 1.54) is 11.3 Å². The van der Waals surface area contributed by atoms with E-state index in [1.54, 1.807) is 0 Å². The van der Waals surface area contributed by atoms with Crippen LogP contribution in [-0.4, -0.2) is 6.04 Å². The first-order valence-electron chi connectivity index (χ1n) is 5.82. The number of hydrogen-bond acceptors (Lipinski definition) is 1. The Morgan fingerprint density at radius 2 is 1.88 bits per heavy atom. The lowest BCUT2D eigenvalue weighted by Crippen LogP contribution is -2.35. The van der Waals surface area contributed by atoms with Crippen LogP contribution in [0.2, 0.25) is 0 Å². The SMILES string of the molecule is C=CCC1(CC=C)c2ccccc2NC1C. The summed E-state index contributed by atoms with van der Waals surface area (Å²) in [6.45, 7) is 10.0. The topological polar surface area (TPSA) is 12.0 Å². The van der Waals surface area contributed by atoms with Crippen LogP contribution in [-0.2, 0) is 5.41 Å². The van der Waals surface area contributed by atoms with Gasteiger partial charge in [0.25, 0.3) is 0 Å². The van der Waals surface area contributed by atoms with E-state index in [0.29, 0.717) is 6.04 Å². The number of allylic oxidation sites excluding steroid dienone is 2. The minimum atomic E-state index is 0.139. The van der Waals surface area contributed by atoms with Crippen LogP contribution in [0.25, 0.3) is 0 Å². The highest BCUT2D eigenvalue weighted by molar-refractivity contribution is 5.62. The van der Waals surface area contributed by atoms with Gasteiger partial charge in [0, 0.05) is 17.1 Å². The molecule has 0 fully saturated rings. The van der Waals surface area contributed by atoms with E-state index in [1.807, 2.05) is 12.2 Å². The summed E-state index contributed by atoms with van der Waals surface area (Å²) in [6, 6.07) is 9.00. The van der Waals surface area contributed by atoms with Crippen molar-refractivity contribution < 1.29 is 0 Å². The molecule has 0 spiro atoms. The van der Waals surface area contributed by atoms with Crippen molar-refractivity contribution in [2.24, 2.45) is 0 Å². The van der Waals surface area contributed by atoms with Crippen molar-refractivity contribution in [1.82, 2.24) is 0 Å². The van der Waals surface area contributed by atoms with Gasteiger partial charge < -0.3 is 5.32 Å². The van der Waals surface area contributed by atoms with Gasteiger partial charge in [-0.15, -0.1) is 13.2 Å². The first-order chi connectivity index (χ1) is 7.74. The number of para-hydroxylation sites is 1. The van der Waals surface area contributed by atoms with E-state index in [2.05, 4.69) is 49.7 Å². The molecule has 1 aromatic rings. The monoisotopic (exact) mass is 213 g/mol. The van der Waals surface area contributed by atoms with Crippen molar-refractivity contribution in [3.63, 3.8) is 0 Å². The van der Waals surface area contributed by atoms with Crippen molar-refractivity contribution in [1.29, 1.82) is 0 Å². The molecule has 0 aromatic heterocycles. The summed E-state index contributed by atoms with van der Waals surface area (Å²) in [5.74, 6) is 0. The summed E-state index contributed by atoms with van der Waals surface area (Å²) in [4.78, 5) is 0. The Morgan fingerprint density at radius 3 is 2.50 bits per heavy atom. The highest BCUT2D eigenvalue weighted by Crippen LogP contribution is 2.46. The fourth-order valence-electron chi connectivity index (χ4n) is 2.82. The number of fused-ring (bicyclic) bond motifs is 1. The van der Waals surface area contributed by atoms with Crippen molar-refractivity contribution in [3.8, 4) is 0 Å². The van der Waals surface area contributed by atoms with Gasteiger partial charge in [-0.3, -0.25) is 0 Å². The fourth-order valence-corrected chi connectivity index (χ4v) is 2.82. The van der Waals surface area contributed by atoms with E-state index in [4.69, 9.17) is 0 Å². The van der Waals surface area contributed by atoms with Crippen molar-refractivity contribution in [2.75, 3.05) is 5.32 Å². The smallest absolute Gasteiger partial charge is 0.0381 e. The van der Waals surface area contributed by atoms with E-state index in [0.717, 1.165) is 12.8 Å². The lowest BCUT2D eigenvalue weighted by atomic mass is 9.72. The first-order valence-corrected chi connectivity index (χ1v) is 5.82. The quantitative estimate of drug-likeness (QED) is 0.748. The molecule has 1 aromatic carbocycles. The van der Waals surface area contributed by atoms with E-state index in [9.17, 15) is 0 Å². The number of hydrogen-bond donors (Lipinski definition) is 1. The number of benzene rings is 1. The predicted molar refractivity (Wildman–Crippen MR) is 70.8 cm³/mol. The van der Waals surface area contributed by atoms with Crippen LogP contribution in [0, 0.1) is 0 Å². The Hall–Kier alpha value is -1.50. The summed E-state index contributed by atoms with van der Waals surface area (Å²) < 4.78 is 0. The van der Waals surface area contributed by atoms with Crippen molar-refractivity contribution in [3.05, 3.63) is 55.1 Å². The first kappa shape index (κ1) is 11.0. The van der Waals surface area contributed by atoms with Gasteiger partial charge >= 0.3 is 0 Å². The molecule has 1 atom stereocenters. The highest BCUT2D eigenvalue weighted by Gasteiger charge is 2.42. The van der Waals surface area contributed by atoms with Gasteiger partial charge in [0.15, 0.2) is 0 Å². The van der Waals surface area contributed by atoms with Crippen LogP contribution < -0.4 is 5.32 Å². The minimum absolute atomic E-state index is 0.139. The average Bonchev–Trinajstić information content (AvgIpc) is 2.54. The van der Waals surface area contributed by atoms with Gasteiger partial charge in [-0.2, -0.15) is 0 Å². The maximum absolute atomic E-state index is 3.90. The molecule has 1 aliphatic rings. The van der Waals surface area contributed by atoms with Crippen molar-refractivity contribution in [2.45, 2.75) is 31.2 Å². The van der Waals surface area contributed by atoms with E-state index in [-0.39, 0.29) is 5.41 Å². The molecule has 1 heteroatoms. The van der Waals surface area contributed by atoms with Gasteiger partial charge in [-0.1, -0.05) is 30.4 Å². The van der Waals surface area contributed by atoms with Crippen LogP contribution in [0.4, 0.5) is 5.69 Å². The Balaban J connectivity index is 2.51. The Morgan fingerprint density at radius 1 is 1.25 bits per heavy atom. The Kier molecular flexibility index (Phi) is 2.86. The molecule has 1 unspecified atom stereocenters. The maximum Gasteiger partial charge on any atom is 0.0381 e. The van der Waals surface area contributed by atoms with Gasteiger partial charge in [0.2, 0.25) is 0 Å². The molecule has 0 radical (unpaired) electrons. The number of anilines is 1. The Bertz CT molecular complexity index is 396. The lowest BCUT2D eigenvalue weighted by Gasteiger charge is -2.32. The largest absolute Gasteiger partial charge is 0.381 e. The molecule has 0 aliphatic carbocycles. The van der Waals surface area contributed by atoms with Gasteiger partial charge in [0.05, 0.1) is 0 Å². The van der Waals surface area contributed by atoms with Crippen LogP contribution in [0.1, 0.15) is 25.3 Å². The molecule has 1 N–H and O–H groups in total. The Labute approximate surface area is 97.9 Å². The van der Waals surface area contributed by atoms with E-state index >= 15 is 0 Å². The van der Waals surface area contributed by atoms with Gasteiger partial charge in [-0.25, -0.2) is 0 Å². The molecule has 1 heterocycles. The van der Waals surface area contributed by atoms with Crippen molar-refractivity contribution >= 4 is 5.69 Å². The van der Waals surface area contributed by atoms with Crippen LogP contribution in [0.3, 0.4) is 0 Å². The summed E-state index contributed by atoms with van der Waals surface area (Å²) in [6.07, 6.45) is 6.02. The summed E-state index contributed by atoms with van der Waals surface area (Å²) in [5.41, 5.74) is 2.81. The molecular weight excluding hydrogens is 194 g/mol. The third-order valence-electron chi connectivity index (χ3n) is 3.68. The zero-order chi connectivity index (χ0) is 11.6. The molecule has 0 saturated carbocycles. The molecule has 0 saturated heterocycles. The highest BCUT2D eigenvalue weighted by atomic mass is 15.0. The maximum atomic E-state index is 3.90. The lowest BCUT2D eigenvalue weighted by molar-refractivity contribution is 0.406. The zero-order valence-corrected chi connectivity index (χ0v) is 9.87. The number of nitrogens with one attached hydrogen (secondary N) is 1. The summed E-state index contributed by atoms with van der Waals surface area (Å²) >= 11 is 0. The molecule has 84 valence electrons. The molecule has 0 amide bonds. The summed E-state index contributed by atoms with van der Waals surface area (Å²) in [5, 5.41) is 3.56. The zero-order valence-electron chi connectivity index (χ0n) is 9.87.